The molecule has 0 saturated carbocycles. The van der Waals surface area contributed by atoms with Gasteiger partial charge in [-0.15, -0.1) is 0 Å². The zero-order chi connectivity index (χ0) is 15.8. The van der Waals surface area contributed by atoms with Crippen LogP contribution in [0.15, 0.2) is 23.1 Å². The number of rotatable bonds is 3. The molecule has 2 N–H and O–H groups in total. The minimum absolute atomic E-state index is 0.0646. The summed E-state index contributed by atoms with van der Waals surface area (Å²) in [4.78, 5) is 22.7. The third kappa shape index (κ3) is 2.64. The summed E-state index contributed by atoms with van der Waals surface area (Å²) in [5.41, 5.74) is 0.105. The van der Waals surface area contributed by atoms with Crippen molar-refractivity contribution in [2.45, 2.75) is 24.8 Å². The maximum absolute atomic E-state index is 12.7. The second-order valence-corrected chi connectivity index (χ2v) is 6.68. The van der Waals surface area contributed by atoms with Crippen LogP contribution in [0, 0.1) is 6.92 Å². The SMILES string of the molecule is Cc1c(C(=O)O)cccc1S(=O)(=O)N1CCNC(=O)C1C. The topological polar surface area (TPSA) is 104 Å². The second-order valence-electron chi connectivity index (χ2n) is 4.82. The number of hydrogen-bond acceptors (Lipinski definition) is 4. The highest BCUT2D eigenvalue weighted by Crippen LogP contribution is 2.25. The van der Waals surface area contributed by atoms with Crippen molar-refractivity contribution >= 4 is 21.9 Å². The highest BCUT2D eigenvalue weighted by atomic mass is 32.2. The average molecular weight is 312 g/mol. The molecule has 8 heteroatoms. The summed E-state index contributed by atoms with van der Waals surface area (Å²) in [5.74, 6) is -1.55. The smallest absolute Gasteiger partial charge is 0.335 e. The molecule has 21 heavy (non-hydrogen) atoms. The Labute approximate surface area is 122 Å². The third-order valence-electron chi connectivity index (χ3n) is 3.54. The van der Waals surface area contributed by atoms with E-state index in [-0.39, 0.29) is 35.0 Å². The molecule has 2 rings (SSSR count). The molecule has 1 unspecified atom stereocenters. The quantitative estimate of drug-likeness (QED) is 0.830. The minimum Gasteiger partial charge on any atom is -0.478 e. The number of nitrogens with zero attached hydrogens (tertiary/aromatic N) is 1. The van der Waals surface area contributed by atoms with E-state index in [1.807, 2.05) is 0 Å². The molecule has 0 aliphatic carbocycles. The summed E-state index contributed by atoms with van der Waals surface area (Å²) in [6.07, 6.45) is 0. The van der Waals surface area contributed by atoms with Crippen LogP contribution in [0.1, 0.15) is 22.8 Å². The maximum Gasteiger partial charge on any atom is 0.335 e. The zero-order valence-electron chi connectivity index (χ0n) is 11.7. The van der Waals surface area contributed by atoms with E-state index in [0.29, 0.717) is 0 Å². The van der Waals surface area contributed by atoms with Crippen LogP contribution in [-0.2, 0) is 14.8 Å². The number of carbonyl (C=O) groups is 2. The fourth-order valence-electron chi connectivity index (χ4n) is 2.34. The van der Waals surface area contributed by atoms with Crippen LogP contribution in [0.4, 0.5) is 0 Å². The number of piperazine rings is 1. The number of carbonyl (C=O) groups excluding carboxylic acids is 1. The van der Waals surface area contributed by atoms with Gasteiger partial charge in [-0.2, -0.15) is 4.31 Å². The van der Waals surface area contributed by atoms with Gasteiger partial charge in [-0.25, -0.2) is 13.2 Å². The molecule has 1 aromatic rings. The molecule has 1 aliphatic heterocycles. The number of nitrogens with one attached hydrogen (secondary N) is 1. The number of sulfonamides is 1. The van der Waals surface area contributed by atoms with Gasteiger partial charge in [-0.05, 0) is 31.5 Å². The standard InChI is InChI=1S/C13H16N2O5S/c1-8-10(13(17)18)4-3-5-11(8)21(19,20)15-7-6-14-12(16)9(15)2/h3-5,9H,6-7H2,1-2H3,(H,14,16)(H,17,18). The normalized spacial score (nSPS) is 20.1. The van der Waals surface area contributed by atoms with E-state index in [1.54, 1.807) is 0 Å². The molecule has 1 aromatic carbocycles. The van der Waals surface area contributed by atoms with Gasteiger partial charge in [-0.1, -0.05) is 6.07 Å². The number of carboxylic acid groups (broad SMARTS) is 1. The summed E-state index contributed by atoms with van der Waals surface area (Å²) in [5, 5.41) is 11.7. The van der Waals surface area contributed by atoms with Gasteiger partial charge in [0.1, 0.15) is 6.04 Å². The molecule has 0 spiro atoms. The molecule has 1 amide bonds. The Hall–Kier alpha value is -1.93. The van der Waals surface area contributed by atoms with Crippen LogP contribution in [0.5, 0.6) is 0 Å². The summed E-state index contributed by atoms with van der Waals surface area (Å²) >= 11 is 0. The third-order valence-corrected chi connectivity index (χ3v) is 5.66. The van der Waals surface area contributed by atoms with Gasteiger partial charge in [0, 0.05) is 13.1 Å². The van der Waals surface area contributed by atoms with Gasteiger partial charge in [0.25, 0.3) is 0 Å². The number of carboxylic acids is 1. The number of hydrogen-bond donors (Lipinski definition) is 2. The lowest BCUT2D eigenvalue weighted by atomic mass is 10.1. The Morgan fingerprint density at radius 1 is 1.43 bits per heavy atom. The van der Waals surface area contributed by atoms with Crippen molar-refractivity contribution in [2.75, 3.05) is 13.1 Å². The fraction of sp³-hybridized carbons (Fsp3) is 0.385. The van der Waals surface area contributed by atoms with E-state index in [1.165, 1.54) is 32.0 Å². The van der Waals surface area contributed by atoms with Crippen molar-refractivity contribution in [3.63, 3.8) is 0 Å². The molecule has 1 heterocycles. The van der Waals surface area contributed by atoms with E-state index in [0.717, 1.165) is 4.31 Å². The Bertz CT molecular complexity index is 699. The van der Waals surface area contributed by atoms with E-state index in [4.69, 9.17) is 5.11 Å². The molecule has 1 saturated heterocycles. The van der Waals surface area contributed by atoms with Gasteiger partial charge in [0.2, 0.25) is 15.9 Å². The first-order valence-corrected chi connectivity index (χ1v) is 7.83. The Morgan fingerprint density at radius 3 is 2.71 bits per heavy atom. The molecule has 0 aromatic heterocycles. The molecule has 0 radical (unpaired) electrons. The average Bonchev–Trinajstić information content (AvgIpc) is 2.41. The highest BCUT2D eigenvalue weighted by molar-refractivity contribution is 7.89. The zero-order valence-corrected chi connectivity index (χ0v) is 12.5. The lowest BCUT2D eigenvalue weighted by Crippen LogP contribution is -2.55. The molecule has 0 bridgehead atoms. The summed E-state index contributed by atoms with van der Waals surface area (Å²) in [7, 11) is -3.92. The number of aromatic carboxylic acids is 1. The van der Waals surface area contributed by atoms with Crippen LogP contribution >= 0.6 is 0 Å². The van der Waals surface area contributed by atoms with Crippen molar-refractivity contribution in [3.05, 3.63) is 29.3 Å². The minimum atomic E-state index is -3.92. The van der Waals surface area contributed by atoms with Crippen molar-refractivity contribution in [2.24, 2.45) is 0 Å². The van der Waals surface area contributed by atoms with E-state index >= 15 is 0 Å². The van der Waals surface area contributed by atoms with Crippen molar-refractivity contribution < 1.29 is 23.1 Å². The molecule has 114 valence electrons. The van der Waals surface area contributed by atoms with Gasteiger partial charge in [0.05, 0.1) is 10.5 Å². The van der Waals surface area contributed by atoms with Crippen LogP contribution in [0.3, 0.4) is 0 Å². The number of benzene rings is 1. The van der Waals surface area contributed by atoms with Gasteiger partial charge >= 0.3 is 5.97 Å². The van der Waals surface area contributed by atoms with Gasteiger partial charge in [-0.3, -0.25) is 4.79 Å². The molecule has 1 atom stereocenters. The lowest BCUT2D eigenvalue weighted by molar-refractivity contribution is -0.126. The van der Waals surface area contributed by atoms with Crippen LogP contribution in [0.2, 0.25) is 0 Å². The van der Waals surface area contributed by atoms with Crippen LogP contribution in [-0.4, -0.2) is 48.8 Å². The predicted molar refractivity (Wildman–Crippen MR) is 74.5 cm³/mol. The van der Waals surface area contributed by atoms with E-state index in [9.17, 15) is 18.0 Å². The number of amides is 1. The Balaban J connectivity index is 2.52. The van der Waals surface area contributed by atoms with Crippen molar-refractivity contribution in [3.8, 4) is 0 Å². The van der Waals surface area contributed by atoms with Gasteiger partial charge in [0.15, 0.2) is 0 Å². The van der Waals surface area contributed by atoms with E-state index < -0.39 is 22.0 Å². The second kappa shape index (κ2) is 5.45. The summed E-state index contributed by atoms with van der Waals surface area (Å²) in [6.45, 7) is 3.35. The Kier molecular flexibility index (Phi) is 4.02. The predicted octanol–water partition coefficient (Wildman–Crippen LogP) is 0.202. The first kappa shape index (κ1) is 15.5. The first-order chi connectivity index (χ1) is 9.76. The van der Waals surface area contributed by atoms with Crippen LogP contribution in [0.25, 0.3) is 0 Å². The molecule has 7 nitrogen and oxygen atoms in total. The molecular weight excluding hydrogens is 296 g/mol. The van der Waals surface area contributed by atoms with Gasteiger partial charge < -0.3 is 10.4 Å². The largest absolute Gasteiger partial charge is 0.478 e. The lowest BCUT2D eigenvalue weighted by Gasteiger charge is -2.32. The Morgan fingerprint density at radius 2 is 2.10 bits per heavy atom. The first-order valence-electron chi connectivity index (χ1n) is 6.39. The van der Waals surface area contributed by atoms with Crippen molar-refractivity contribution in [1.82, 2.24) is 9.62 Å². The maximum atomic E-state index is 12.7. The summed E-state index contributed by atoms with van der Waals surface area (Å²) in [6, 6.07) is 3.27. The van der Waals surface area contributed by atoms with Crippen LogP contribution < -0.4 is 5.32 Å². The van der Waals surface area contributed by atoms with E-state index in [2.05, 4.69) is 5.32 Å². The molecular formula is C13H16N2O5S. The molecule has 1 fully saturated rings. The monoisotopic (exact) mass is 312 g/mol. The summed E-state index contributed by atoms with van der Waals surface area (Å²) < 4.78 is 26.5. The van der Waals surface area contributed by atoms with Crippen molar-refractivity contribution in [1.29, 1.82) is 0 Å². The fourth-order valence-corrected chi connectivity index (χ4v) is 4.19. The molecule has 1 aliphatic rings. The highest BCUT2D eigenvalue weighted by Gasteiger charge is 2.36.